The van der Waals surface area contributed by atoms with Crippen molar-refractivity contribution in [1.29, 1.82) is 0 Å². The van der Waals surface area contributed by atoms with E-state index in [0.717, 1.165) is 10.7 Å². The van der Waals surface area contributed by atoms with Crippen LogP contribution in [0.2, 0.25) is 5.15 Å². The molecule has 0 spiro atoms. The van der Waals surface area contributed by atoms with E-state index < -0.39 is 10.2 Å². The van der Waals surface area contributed by atoms with Gasteiger partial charge in [0.1, 0.15) is 0 Å². The van der Waals surface area contributed by atoms with Gasteiger partial charge in [-0.1, -0.05) is 0 Å². The van der Waals surface area contributed by atoms with E-state index >= 15 is 0 Å². The second kappa shape index (κ2) is 5.40. The third kappa shape index (κ3) is 4.71. The Morgan fingerprint density at radius 3 is 2.06 bits per heavy atom. The number of hydrogen-bond acceptors (Lipinski definition) is 4. The maximum Gasteiger partial charge on any atom is 0.280 e. The van der Waals surface area contributed by atoms with E-state index in [9.17, 15) is 0 Å². The van der Waals surface area contributed by atoms with Crippen molar-refractivity contribution >= 4 is 17.1 Å². The Hall–Kier alpha value is -0.950. The van der Waals surface area contributed by atoms with Crippen LogP contribution in [0, 0.1) is 10.2 Å². The highest BCUT2D eigenvalue weighted by Gasteiger charge is 2.03. The average molecular weight is 264 g/mol. The van der Waals surface area contributed by atoms with E-state index in [2.05, 4.69) is 0 Å². The average Bonchev–Trinajstić information content (AvgIpc) is 2.16. The van der Waals surface area contributed by atoms with E-state index in [-0.39, 0.29) is 0 Å². The number of fused-ring (bicyclic) bond motifs is 1. The molecule has 0 saturated carbocycles. The highest BCUT2D eigenvalue weighted by atomic mass is 35.7. The Kier molecular flexibility index (Phi) is 4.43. The normalized spacial score (nSPS) is 10.8. The standard InChI is InChI=1S/C9H7ClN.ClHO4/c10-9-6-3-5-8-4-1-2-7-11(8)9;2-1(3,4)5/h1-7H;(H,2,3,4,5)/q+1;/p-1. The van der Waals surface area contributed by atoms with Crippen LogP contribution < -0.4 is 23.0 Å². The lowest BCUT2D eigenvalue weighted by molar-refractivity contribution is -2.00. The monoisotopic (exact) mass is 263 g/mol. The number of nitrogens with zero attached hydrogens (tertiary/aromatic N) is 1. The molecule has 0 aliphatic rings. The predicted molar refractivity (Wildman–Crippen MR) is 44.6 cm³/mol. The van der Waals surface area contributed by atoms with Gasteiger partial charge >= 0.3 is 0 Å². The van der Waals surface area contributed by atoms with Gasteiger partial charge < -0.3 is 0 Å². The summed E-state index contributed by atoms with van der Waals surface area (Å²) in [6, 6.07) is 11.8. The van der Waals surface area contributed by atoms with Gasteiger partial charge in [0.25, 0.3) is 5.15 Å². The molecule has 0 aliphatic heterocycles. The summed E-state index contributed by atoms with van der Waals surface area (Å²) in [5.41, 5.74) is 1.11. The summed E-state index contributed by atoms with van der Waals surface area (Å²) in [7, 11) is -4.94. The Bertz CT molecular complexity index is 461. The minimum atomic E-state index is -4.94. The number of halogens is 2. The fraction of sp³-hybridized carbons (Fsp3) is 0. The minimum Gasteiger partial charge on any atom is -0.222 e. The summed E-state index contributed by atoms with van der Waals surface area (Å²) in [5.74, 6) is 0. The van der Waals surface area contributed by atoms with Crippen molar-refractivity contribution in [3.05, 3.63) is 47.7 Å². The van der Waals surface area contributed by atoms with Gasteiger partial charge in [-0.2, -0.15) is 4.40 Å². The fourth-order valence-electron chi connectivity index (χ4n) is 1.09. The van der Waals surface area contributed by atoms with Gasteiger partial charge in [0.2, 0.25) is 5.52 Å². The van der Waals surface area contributed by atoms with E-state index in [1.165, 1.54) is 0 Å². The summed E-state index contributed by atoms with van der Waals surface area (Å²) in [6.45, 7) is 0. The molecular weight excluding hydrogens is 257 g/mol. The molecule has 2 rings (SSSR count). The first-order valence-corrected chi connectivity index (χ1v) is 5.66. The van der Waals surface area contributed by atoms with Crippen LogP contribution in [-0.4, -0.2) is 0 Å². The molecule has 0 amide bonds. The van der Waals surface area contributed by atoms with Gasteiger partial charge in [-0.3, -0.25) is 0 Å². The van der Waals surface area contributed by atoms with Gasteiger partial charge in [0.15, 0.2) is 6.20 Å². The molecule has 0 aromatic carbocycles. The van der Waals surface area contributed by atoms with Crippen molar-refractivity contribution in [3.8, 4) is 0 Å². The van der Waals surface area contributed by atoms with Crippen molar-refractivity contribution < 1.29 is 33.3 Å². The smallest absolute Gasteiger partial charge is 0.222 e. The number of pyridine rings is 2. The molecule has 0 unspecified atom stereocenters. The van der Waals surface area contributed by atoms with Gasteiger partial charge in [-0.15, -0.1) is 10.2 Å². The van der Waals surface area contributed by atoms with Gasteiger partial charge in [0.05, 0.1) is 0 Å². The van der Waals surface area contributed by atoms with Crippen LogP contribution >= 0.6 is 11.6 Å². The third-order valence-electron chi connectivity index (χ3n) is 1.62. The summed E-state index contributed by atoms with van der Waals surface area (Å²) in [5, 5.41) is 0.739. The zero-order chi connectivity index (χ0) is 12.2. The quantitative estimate of drug-likeness (QED) is 0.382. The fourth-order valence-corrected chi connectivity index (χ4v) is 1.32. The first kappa shape index (κ1) is 13.1. The molecule has 7 heteroatoms. The first-order chi connectivity index (χ1) is 7.38. The van der Waals surface area contributed by atoms with Gasteiger partial charge in [-0.05, 0) is 23.7 Å². The van der Waals surface area contributed by atoms with E-state index in [1.807, 2.05) is 47.0 Å². The van der Waals surface area contributed by atoms with Crippen molar-refractivity contribution in [2.24, 2.45) is 0 Å². The lowest BCUT2D eigenvalue weighted by atomic mass is 10.3. The van der Waals surface area contributed by atoms with Crippen LogP contribution in [-0.2, 0) is 0 Å². The minimum absolute atomic E-state index is 0.739. The number of hydrogen-bond donors (Lipinski definition) is 0. The molecule has 16 heavy (non-hydrogen) atoms. The molecule has 2 aromatic heterocycles. The van der Waals surface area contributed by atoms with Crippen molar-refractivity contribution in [2.75, 3.05) is 0 Å². The molecule has 0 aliphatic carbocycles. The van der Waals surface area contributed by atoms with Crippen LogP contribution in [0.3, 0.4) is 0 Å². The molecule has 0 fully saturated rings. The second-order valence-electron chi connectivity index (χ2n) is 2.72. The Labute approximate surface area is 98.5 Å². The largest absolute Gasteiger partial charge is 0.280 e. The molecular formula is C9H7Cl2NO4. The number of aromatic nitrogens is 1. The third-order valence-corrected chi connectivity index (χ3v) is 1.93. The highest BCUT2D eigenvalue weighted by molar-refractivity contribution is 6.28. The Balaban J connectivity index is 0.000000221. The SMILES string of the molecule is Clc1cccc2cccc[n+]12.[O-][Cl+3]([O-])([O-])[O-]. The van der Waals surface area contributed by atoms with Crippen LogP contribution in [0.25, 0.3) is 5.52 Å². The van der Waals surface area contributed by atoms with Gasteiger partial charge in [0, 0.05) is 24.3 Å². The highest BCUT2D eigenvalue weighted by Crippen LogP contribution is 2.03. The molecule has 0 radical (unpaired) electrons. The topological polar surface area (TPSA) is 96.3 Å². The summed E-state index contributed by atoms with van der Waals surface area (Å²) >= 11 is 5.92. The molecule has 0 bridgehead atoms. The van der Waals surface area contributed by atoms with Crippen LogP contribution in [0.5, 0.6) is 0 Å². The Morgan fingerprint density at radius 2 is 1.50 bits per heavy atom. The van der Waals surface area contributed by atoms with E-state index in [4.69, 9.17) is 30.2 Å². The second-order valence-corrected chi connectivity index (χ2v) is 3.87. The van der Waals surface area contributed by atoms with Crippen molar-refractivity contribution in [3.63, 3.8) is 0 Å². The lowest BCUT2D eigenvalue weighted by Crippen LogP contribution is -2.68. The maximum absolute atomic E-state index is 8.49. The molecule has 0 saturated heterocycles. The molecule has 2 aromatic rings. The van der Waals surface area contributed by atoms with Crippen molar-refractivity contribution in [1.82, 2.24) is 0 Å². The summed E-state index contributed by atoms with van der Waals surface area (Å²) in [6.07, 6.45) is 1.94. The van der Waals surface area contributed by atoms with E-state index in [1.54, 1.807) is 0 Å². The zero-order valence-corrected chi connectivity index (χ0v) is 9.39. The summed E-state index contributed by atoms with van der Waals surface area (Å²) in [4.78, 5) is 0. The molecule has 0 atom stereocenters. The molecule has 5 nitrogen and oxygen atoms in total. The van der Waals surface area contributed by atoms with Gasteiger partial charge in [-0.25, -0.2) is 18.6 Å². The molecule has 86 valence electrons. The first-order valence-electron chi connectivity index (χ1n) is 4.04. The van der Waals surface area contributed by atoms with Crippen molar-refractivity contribution in [2.45, 2.75) is 0 Å². The predicted octanol–water partition coefficient (Wildman–Crippen LogP) is -2.68. The molecule has 2 heterocycles. The van der Waals surface area contributed by atoms with Crippen LogP contribution in [0.15, 0.2) is 42.6 Å². The molecule has 0 N–H and O–H groups in total. The maximum atomic E-state index is 8.49. The van der Waals surface area contributed by atoms with Crippen LogP contribution in [0.1, 0.15) is 0 Å². The Morgan fingerprint density at radius 1 is 0.938 bits per heavy atom. The zero-order valence-electron chi connectivity index (χ0n) is 7.88. The van der Waals surface area contributed by atoms with E-state index in [0.29, 0.717) is 0 Å². The van der Waals surface area contributed by atoms with Crippen LogP contribution in [0.4, 0.5) is 0 Å². The summed E-state index contributed by atoms with van der Waals surface area (Å²) < 4.78 is 35.9. The number of rotatable bonds is 0. The lowest BCUT2D eigenvalue weighted by Gasteiger charge is -2.17.